The van der Waals surface area contributed by atoms with Crippen molar-refractivity contribution < 1.29 is 8.42 Å². The van der Waals surface area contributed by atoms with E-state index in [1.165, 1.54) is 6.26 Å². The molecule has 13 heavy (non-hydrogen) atoms. The number of nitriles is 1. The summed E-state index contributed by atoms with van der Waals surface area (Å²) < 4.78 is 21.7. The Bertz CT molecular complexity index is 277. The quantitative estimate of drug-likeness (QED) is 0.603. The molecule has 0 unspecified atom stereocenters. The van der Waals surface area contributed by atoms with Gasteiger partial charge in [-0.15, -0.1) is 0 Å². The SMILES string of the molecule is CC(C)N(CC#N)CCS(C)(=O)=O. The van der Waals surface area contributed by atoms with Crippen molar-refractivity contribution in [2.75, 3.05) is 25.1 Å². The van der Waals surface area contributed by atoms with Gasteiger partial charge in [0.2, 0.25) is 0 Å². The molecule has 0 spiro atoms. The molecule has 0 radical (unpaired) electrons. The van der Waals surface area contributed by atoms with E-state index >= 15 is 0 Å². The van der Waals surface area contributed by atoms with Crippen molar-refractivity contribution in [1.29, 1.82) is 5.26 Å². The minimum atomic E-state index is -2.92. The van der Waals surface area contributed by atoms with Gasteiger partial charge in [-0.1, -0.05) is 0 Å². The molecule has 0 aliphatic heterocycles. The zero-order chi connectivity index (χ0) is 10.5. The molecule has 0 N–H and O–H groups in total. The van der Waals surface area contributed by atoms with Gasteiger partial charge in [-0.3, -0.25) is 4.90 Å². The Hall–Kier alpha value is -0.600. The van der Waals surface area contributed by atoms with Crippen LogP contribution in [0.4, 0.5) is 0 Å². The summed E-state index contributed by atoms with van der Waals surface area (Å²) in [7, 11) is -2.92. The molecule has 0 fully saturated rings. The molecule has 0 saturated carbocycles. The highest BCUT2D eigenvalue weighted by atomic mass is 32.2. The van der Waals surface area contributed by atoms with Gasteiger partial charge in [0.15, 0.2) is 0 Å². The third kappa shape index (κ3) is 6.55. The number of nitrogens with zero attached hydrogens (tertiary/aromatic N) is 2. The number of rotatable bonds is 5. The van der Waals surface area contributed by atoms with Crippen molar-refractivity contribution in [3.63, 3.8) is 0 Å². The van der Waals surface area contributed by atoms with E-state index in [4.69, 9.17) is 5.26 Å². The van der Waals surface area contributed by atoms with Crippen molar-refractivity contribution >= 4 is 9.84 Å². The van der Waals surface area contributed by atoms with Gasteiger partial charge < -0.3 is 0 Å². The molecular formula is C8H16N2O2S. The zero-order valence-electron chi connectivity index (χ0n) is 8.32. The highest BCUT2D eigenvalue weighted by molar-refractivity contribution is 7.90. The molecule has 0 aromatic heterocycles. The lowest BCUT2D eigenvalue weighted by Crippen LogP contribution is -2.35. The molecule has 4 nitrogen and oxygen atoms in total. The van der Waals surface area contributed by atoms with E-state index in [1.54, 1.807) is 0 Å². The van der Waals surface area contributed by atoms with Gasteiger partial charge in [-0.05, 0) is 13.8 Å². The van der Waals surface area contributed by atoms with E-state index in [-0.39, 0.29) is 18.3 Å². The van der Waals surface area contributed by atoms with Crippen LogP contribution in [0.5, 0.6) is 0 Å². The summed E-state index contributed by atoms with van der Waals surface area (Å²) in [5, 5.41) is 8.47. The third-order valence-electron chi connectivity index (χ3n) is 1.75. The minimum absolute atomic E-state index is 0.118. The highest BCUT2D eigenvalue weighted by Crippen LogP contribution is 1.97. The Labute approximate surface area is 80.1 Å². The van der Waals surface area contributed by atoms with E-state index in [9.17, 15) is 8.42 Å². The Morgan fingerprint density at radius 2 is 2.00 bits per heavy atom. The normalized spacial score (nSPS) is 12.0. The molecule has 0 heterocycles. The molecule has 76 valence electrons. The number of sulfone groups is 1. The van der Waals surface area contributed by atoms with E-state index in [1.807, 2.05) is 24.8 Å². The first kappa shape index (κ1) is 12.4. The van der Waals surface area contributed by atoms with Crippen LogP contribution in [0.15, 0.2) is 0 Å². The van der Waals surface area contributed by atoms with Crippen LogP contribution in [0, 0.1) is 11.3 Å². The Morgan fingerprint density at radius 1 is 1.46 bits per heavy atom. The van der Waals surface area contributed by atoms with Crippen molar-refractivity contribution in [3.05, 3.63) is 0 Å². The van der Waals surface area contributed by atoms with Crippen LogP contribution in [0.1, 0.15) is 13.8 Å². The van der Waals surface area contributed by atoms with Crippen LogP contribution in [0.2, 0.25) is 0 Å². The molecule has 0 aliphatic rings. The van der Waals surface area contributed by atoms with Crippen LogP contribution in [0.25, 0.3) is 0 Å². The summed E-state index contributed by atoms with van der Waals surface area (Å²) in [6, 6.07) is 2.23. The van der Waals surface area contributed by atoms with Crippen molar-refractivity contribution in [2.24, 2.45) is 0 Å². The molecule has 0 atom stereocenters. The summed E-state index contributed by atoms with van der Waals surface area (Å²) >= 11 is 0. The standard InChI is InChI=1S/C8H16N2O2S/c1-8(2)10(5-4-9)6-7-13(3,11)12/h8H,5-7H2,1-3H3. The van der Waals surface area contributed by atoms with E-state index in [2.05, 4.69) is 0 Å². The van der Waals surface area contributed by atoms with Crippen molar-refractivity contribution in [3.8, 4) is 6.07 Å². The molecule has 0 saturated heterocycles. The largest absolute Gasteiger partial charge is 0.287 e. The van der Waals surface area contributed by atoms with Crippen LogP contribution >= 0.6 is 0 Å². The first-order valence-corrected chi connectivity index (χ1v) is 6.21. The monoisotopic (exact) mass is 204 g/mol. The predicted molar refractivity (Wildman–Crippen MR) is 52.0 cm³/mol. The Kier molecular flexibility index (Phi) is 4.96. The van der Waals surface area contributed by atoms with Crippen molar-refractivity contribution in [1.82, 2.24) is 4.90 Å². The zero-order valence-corrected chi connectivity index (χ0v) is 9.13. The van der Waals surface area contributed by atoms with Crippen molar-refractivity contribution in [2.45, 2.75) is 19.9 Å². The lowest BCUT2D eigenvalue weighted by molar-refractivity contribution is 0.263. The Balaban J connectivity index is 4.06. The molecule has 0 aromatic rings. The maximum absolute atomic E-state index is 10.9. The van der Waals surface area contributed by atoms with Gasteiger partial charge in [0.1, 0.15) is 9.84 Å². The first-order valence-electron chi connectivity index (χ1n) is 4.15. The molecule has 0 aliphatic carbocycles. The summed E-state index contributed by atoms with van der Waals surface area (Å²) in [6.45, 7) is 4.61. The smallest absolute Gasteiger partial charge is 0.148 e. The maximum Gasteiger partial charge on any atom is 0.148 e. The molecule has 0 aromatic carbocycles. The first-order chi connectivity index (χ1) is 5.87. The van der Waals surface area contributed by atoms with Crippen LogP contribution in [-0.4, -0.2) is 44.5 Å². The molecule has 0 bridgehead atoms. The summed E-state index contributed by atoms with van der Waals surface area (Å²) in [6.07, 6.45) is 1.21. The van der Waals surface area contributed by atoms with E-state index in [0.717, 1.165) is 0 Å². The summed E-state index contributed by atoms with van der Waals surface area (Å²) in [5.41, 5.74) is 0. The van der Waals surface area contributed by atoms with Gasteiger partial charge in [-0.2, -0.15) is 5.26 Å². The van der Waals surface area contributed by atoms with Gasteiger partial charge in [0, 0.05) is 18.8 Å². The summed E-state index contributed by atoms with van der Waals surface area (Å²) in [5.74, 6) is 0.118. The molecule has 5 heteroatoms. The van der Waals surface area contributed by atoms with Crippen LogP contribution < -0.4 is 0 Å². The molecule has 0 amide bonds. The number of hydrogen-bond acceptors (Lipinski definition) is 4. The average molecular weight is 204 g/mol. The van der Waals surface area contributed by atoms with Crippen LogP contribution in [-0.2, 0) is 9.84 Å². The van der Waals surface area contributed by atoms with Gasteiger partial charge in [-0.25, -0.2) is 8.42 Å². The van der Waals surface area contributed by atoms with Gasteiger partial charge >= 0.3 is 0 Å². The van der Waals surface area contributed by atoms with Gasteiger partial charge in [0.05, 0.1) is 18.4 Å². The average Bonchev–Trinajstić information content (AvgIpc) is 1.95. The van der Waals surface area contributed by atoms with E-state index < -0.39 is 9.84 Å². The summed E-state index contributed by atoms with van der Waals surface area (Å²) in [4.78, 5) is 1.83. The highest BCUT2D eigenvalue weighted by Gasteiger charge is 2.11. The fraction of sp³-hybridized carbons (Fsp3) is 0.875. The second-order valence-electron chi connectivity index (χ2n) is 3.35. The van der Waals surface area contributed by atoms with Crippen LogP contribution in [0.3, 0.4) is 0 Å². The lowest BCUT2D eigenvalue weighted by atomic mass is 10.3. The number of hydrogen-bond donors (Lipinski definition) is 0. The Morgan fingerprint density at radius 3 is 2.31 bits per heavy atom. The molecular weight excluding hydrogens is 188 g/mol. The minimum Gasteiger partial charge on any atom is -0.287 e. The second kappa shape index (κ2) is 5.20. The topological polar surface area (TPSA) is 61.2 Å². The lowest BCUT2D eigenvalue weighted by Gasteiger charge is -2.22. The molecule has 0 rings (SSSR count). The second-order valence-corrected chi connectivity index (χ2v) is 5.61. The third-order valence-corrected chi connectivity index (χ3v) is 2.68. The fourth-order valence-corrected chi connectivity index (χ4v) is 1.46. The maximum atomic E-state index is 10.9. The van der Waals surface area contributed by atoms with E-state index in [0.29, 0.717) is 6.54 Å². The predicted octanol–water partition coefficient (Wildman–Crippen LogP) is 0.265. The van der Waals surface area contributed by atoms with Gasteiger partial charge in [0.25, 0.3) is 0 Å². The fourth-order valence-electron chi connectivity index (χ4n) is 0.894.